The van der Waals surface area contributed by atoms with E-state index >= 15 is 0 Å². The molecule has 0 spiro atoms. The molecular weight excluding hydrogens is 378 g/mol. The highest BCUT2D eigenvalue weighted by molar-refractivity contribution is 7.22. The van der Waals surface area contributed by atoms with Crippen molar-refractivity contribution in [1.29, 1.82) is 0 Å². The van der Waals surface area contributed by atoms with Crippen molar-refractivity contribution < 1.29 is 19.0 Å². The lowest BCUT2D eigenvalue weighted by molar-refractivity contribution is 0.0444. The number of aromatic nitrogens is 1. The number of hydrogen-bond acceptors (Lipinski definition) is 7. The molecule has 2 heterocycles. The third-order valence-corrected chi connectivity index (χ3v) is 5.47. The maximum Gasteiger partial charge on any atom is 0.412 e. The van der Waals surface area contributed by atoms with E-state index in [0.29, 0.717) is 37.7 Å². The lowest BCUT2D eigenvalue weighted by atomic mass is 10.3. The van der Waals surface area contributed by atoms with Crippen LogP contribution in [0.15, 0.2) is 48.5 Å². The maximum absolute atomic E-state index is 12.3. The fraction of sp³-hybridized carbons (Fsp3) is 0.300. The van der Waals surface area contributed by atoms with Crippen LogP contribution in [0.2, 0.25) is 0 Å². The van der Waals surface area contributed by atoms with Crippen LogP contribution in [0, 0.1) is 0 Å². The Morgan fingerprint density at radius 1 is 1.29 bits per heavy atom. The normalized spacial score (nSPS) is 17.2. The molecule has 0 aliphatic carbocycles. The van der Waals surface area contributed by atoms with Gasteiger partial charge in [0.25, 0.3) is 0 Å². The van der Waals surface area contributed by atoms with Crippen molar-refractivity contribution >= 4 is 38.5 Å². The van der Waals surface area contributed by atoms with Gasteiger partial charge in [-0.15, -0.1) is 0 Å². The molecular formula is C20H21N3O4S. The molecule has 1 amide bonds. The third kappa shape index (κ3) is 4.35. The predicted molar refractivity (Wildman–Crippen MR) is 110 cm³/mol. The summed E-state index contributed by atoms with van der Waals surface area (Å²) >= 11 is 1.63. The number of benzene rings is 2. The van der Waals surface area contributed by atoms with Gasteiger partial charge in [-0.25, -0.2) is 9.78 Å². The van der Waals surface area contributed by atoms with Crippen LogP contribution in [0.25, 0.3) is 10.2 Å². The Morgan fingerprint density at radius 2 is 2.18 bits per heavy atom. The number of carbonyl (C=O) groups is 1. The van der Waals surface area contributed by atoms with Gasteiger partial charge in [0.15, 0.2) is 5.13 Å². The van der Waals surface area contributed by atoms with Gasteiger partial charge in [-0.2, -0.15) is 0 Å². The van der Waals surface area contributed by atoms with Gasteiger partial charge < -0.3 is 19.1 Å². The minimum Gasteiger partial charge on any atom is -0.497 e. The number of hydrogen-bond donors (Lipinski definition) is 1. The van der Waals surface area contributed by atoms with Crippen molar-refractivity contribution in [3.05, 3.63) is 48.5 Å². The molecule has 4 rings (SSSR count). The number of carbonyl (C=O) groups excluding carboxylic acids is 1. The Kier molecular flexibility index (Phi) is 5.59. The molecule has 1 fully saturated rings. The molecule has 2 aromatic carbocycles. The number of para-hydroxylation sites is 1. The Hall–Kier alpha value is -2.84. The molecule has 3 aromatic rings. The Balaban J connectivity index is 1.41. The van der Waals surface area contributed by atoms with Crippen molar-refractivity contribution in [3.8, 4) is 5.75 Å². The summed E-state index contributed by atoms with van der Waals surface area (Å²) in [7, 11) is 1.58. The molecule has 146 valence electrons. The molecule has 8 heteroatoms. The van der Waals surface area contributed by atoms with Crippen LogP contribution in [-0.4, -0.2) is 50.6 Å². The zero-order chi connectivity index (χ0) is 19.3. The molecule has 1 aromatic heterocycles. The minimum atomic E-state index is -0.520. The van der Waals surface area contributed by atoms with E-state index in [9.17, 15) is 4.79 Å². The molecule has 28 heavy (non-hydrogen) atoms. The summed E-state index contributed by atoms with van der Waals surface area (Å²) in [6.07, 6.45) is -0.909. The second-order valence-electron chi connectivity index (χ2n) is 6.37. The number of fused-ring (bicyclic) bond motifs is 1. The second-order valence-corrected chi connectivity index (χ2v) is 7.38. The molecule has 1 N–H and O–H groups in total. The number of anilines is 2. The number of nitrogens with zero attached hydrogens (tertiary/aromatic N) is 2. The summed E-state index contributed by atoms with van der Waals surface area (Å²) in [5, 5.41) is 3.64. The van der Waals surface area contributed by atoms with Gasteiger partial charge in [0.2, 0.25) is 0 Å². The second kappa shape index (κ2) is 8.45. The van der Waals surface area contributed by atoms with Crippen LogP contribution < -0.4 is 15.0 Å². The fourth-order valence-corrected chi connectivity index (χ4v) is 4.02. The van der Waals surface area contributed by atoms with Gasteiger partial charge >= 0.3 is 6.09 Å². The van der Waals surface area contributed by atoms with Crippen LogP contribution in [0.1, 0.15) is 0 Å². The molecule has 0 saturated carbocycles. The Bertz CT molecular complexity index is 928. The van der Waals surface area contributed by atoms with Crippen molar-refractivity contribution in [3.63, 3.8) is 0 Å². The zero-order valence-electron chi connectivity index (χ0n) is 15.5. The largest absolute Gasteiger partial charge is 0.497 e. The van der Waals surface area contributed by atoms with Gasteiger partial charge in [-0.05, 0) is 24.3 Å². The SMILES string of the molecule is COc1cccc(NC(=O)O[C@H]2COCCN(c3nc4ccccc4s3)C2)c1. The van der Waals surface area contributed by atoms with Gasteiger partial charge in [-0.3, -0.25) is 5.32 Å². The van der Waals surface area contributed by atoms with E-state index in [1.165, 1.54) is 0 Å². The van der Waals surface area contributed by atoms with Crippen LogP contribution in [0.5, 0.6) is 5.75 Å². The van der Waals surface area contributed by atoms with Gasteiger partial charge in [0.1, 0.15) is 11.9 Å². The highest BCUT2D eigenvalue weighted by atomic mass is 32.1. The first-order valence-corrected chi connectivity index (χ1v) is 9.83. The van der Waals surface area contributed by atoms with Gasteiger partial charge in [0.05, 0.1) is 37.1 Å². The van der Waals surface area contributed by atoms with Gasteiger partial charge in [0, 0.05) is 18.3 Å². The summed E-state index contributed by atoms with van der Waals surface area (Å²) in [6, 6.07) is 15.2. The molecule has 0 radical (unpaired) electrons. The molecule has 7 nitrogen and oxygen atoms in total. The maximum atomic E-state index is 12.3. The number of methoxy groups -OCH3 is 1. The highest BCUT2D eigenvalue weighted by Gasteiger charge is 2.24. The van der Waals surface area contributed by atoms with E-state index in [-0.39, 0.29) is 6.10 Å². The van der Waals surface area contributed by atoms with Crippen molar-refractivity contribution in [1.82, 2.24) is 4.98 Å². The average molecular weight is 399 g/mol. The smallest absolute Gasteiger partial charge is 0.412 e. The molecule has 1 atom stereocenters. The van der Waals surface area contributed by atoms with Crippen molar-refractivity contribution in [2.45, 2.75) is 6.10 Å². The quantitative estimate of drug-likeness (QED) is 0.720. The van der Waals surface area contributed by atoms with Crippen LogP contribution in [0.3, 0.4) is 0 Å². The summed E-state index contributed by atoms with van der Waals surface area (Å²) in [4.78, 5) is 19.1. The first-order valence-electron chi connectivity index (χ1n) is 9.01. The van der Waals surface area contributed by atoms with E-state index in [1.54, 1.807) is 36.6 Å². The first-order chi connectivity index (χ1) is 13.7. The third-order valence-electron chi connectivity index (χ3n) is 4.38. The number of rotatable bonds is 4. The highest BCUT2D eigenvalue weighted by Crippen LogP contribution is 2.29. The number of ether oxygens (including phenoxy) is 3. The molecule has 1 saturated heterocycles. The number of thiazole rings is 1. The average Bonchev–Trinajstić information content (AvgIpc) is 3.01. The number of nitrogens with one attached hydrogen (secondary N) is 1. The van der Waals surface area contributed by atoms with E-state index in [4.69, 9.17) is 19.2 Å². The minimum absolute atomic E-state index is 0.354. The summed E-state index contributed by atoms with van der Waals surface area (Å²) < 4.78 is 17.5. The van der Waals surface area contributed by atoms with Crippen molar-refractivity contribution in [2.75, 3.05) is 43.6 Å². The summed E-state index contributed by atoms with van der Waals surface area (Å²) in [5.41, 5.74) is 1.59. The van der Waals surface area contributed by atoms with Gasteiger partial charge in [-0.1, -0.05) is 29.5 Å². The monoisotopic (exact) mass is 399 g/mol. The molecule has 0 unspecified atom stereocenters. The van der Waals surface area contributed by atoms with E-state index in [2.05, 4.69) is 16.3 Å². The van der Waals surface area contributed by atoms with Crippen LogP contribution in [0.4, 0.5) is 15.6 Å². The molecule has 1 aliphatic rings. The Morgan fingerprint density at radius 3 is 3.04 bits per heavy atom. The lowest BCUT2D eigenvalue weighted by Gasteiger charge is -2.23. The predicted octanol–water partition coefficient (Wildman–Crippen LogP) is 3.76. The van der Waals surface area contributed by atoms with E-state index in [0.717, 1.165) is 15.3 Å². The van der Waals surface area contributed by atoms with Crippen LogP contribution >= 0.6 is 11.3 Å². The molecule has 0 bridgehead atoms. The number of amides is 1. The first kappa shape index (κ1) is 18.5. The zero-order valence-corrected chi connectivity index (χ0v) is 16.3. The summed E-state index contributed by atoms with van der Waals surface area (Å²) in [5.74, 6) is 0.664. The van der Waals surface area contributed by atoms with E-state index in [1.807, 2.05) is 24.3 Å². The fourth-order valence-electron chi connectivity index (χ4n) is 3.02. The lowest BCUT2D eigenvalue weighted by Crippen LogP contribution is -2.36. The van der Waals surface area contributed by atoms with Crippen molar-refractivity contribution in [2.24, 2.45) is 0 Å². The topological polar surface area (TPSA) is 72.9 Å². The Labute approximate surface area is 166 Å². The van der Waals surface area contributed by atoms with E-state index < -0.39 is 6.09 Å². The standard InChI is InChI=1S/C20H21N3O4S/c1-25-15-6-4-5-14(11-15)21-20(24)27-16-12-23(9-10-26-13-16)19-22-17-7-2-3-8-18(17)28-19/h2-8,11,16H,9-10,12-13H2,1H3,(H,21,24)/t16-/m1/s1. The van der Waals surface area contributed by atoms with Crippen LogP contribution in [-0.2, 0) is 9.47 Å². The summed E-state index contributed by atoms with van der Waals surface area (Å²) in [6.45, 7) is 2.16. The molecule has 1 aliphatic heterocycles.